The molecule has 0 saturated heterocycles. The van der Waals surface area contributed by atoms with Gasteiger partial charge in [-0.05, 0) is 61.9 Å². The number of hydrogen-bond donors (Lipinski definition) is 1. The molecular weight excluding hydrogens is 443 g/mol. The molecule has 1 aliphatic carbocycles. The van der Waals surface area contributed by atoms with E-state index in [9.17, 15) is 9.59 Å². The van der Waals surface area contributed by atoms with Gasteiger partial charge in [-0.2, -0.15) is 0 Å². The van der Waals surface area contributed by atoms with E-state index in [1.807, 2.05) is 45.0 Å². The molecule has 172 valence electrons. The summed E-state index contributed by atoms with van der Waals surface area (Å²) in [6.45, 7) is 6.23. The smallest absolute Gasteiger partial charge is 0.243 e. The predicted octanol–water partition coefficient (Wildman–Crippen LogP) is 6.02. The molecule has 4 nitrogen and oxygen atoms in total. The third-order valence-corrected chi connectivity index (χ3v) is 6.88. The number of rotatable bonds is 8. The van der Waals surface area contributed by atoms with Crippen LogP contribution in [0.15, 0.2) is 36.4 Å². The average molecular weight is 475 g/mol. The summed E-state index contributed by atoms with van der Waals surface area (Å²) in [7, 11) is 0. The Bertz CT molecular complexity index is 970. The Morgan fingerprint density at radius 3 is 2.44 bits per heavy atom. The summed E-state index contributed by atoms with van der Waals surface area (Å²) in [5.41, 5.74) is 3.93. The molecule has 2 aromatic carbocycles. The molecule has 1 fully saturated rings. The third kappa shape index (κ3) is 6.26. The molecule has 0 radical (unpaired) electrons. The molecule has 1 N–H and O–H groups in total. The lowest BCUT2D eigenvalue weighted by Gasteiger charge is -2.32. The summed E-state index contributed by atoms with van der Waals surface area (Å²) in [6.07, 6.45) is 5.05. The number of nitrogens with zero attached hydrogens (tertiary/aromatic N) is 1. The fraction of sp³-hybridized carbons (Fsp3) is 0.462. The minimum absolute atomic E-state index is 0.0844. The van der Waals surface area contributed by atoms with Crippen molar-refractivity contribution >= 4 is 35.0 Å². The lowest BCUT2D eigenvalue weighted by molar-refractivity contribution is -0.141. The Morgan fingerprint density at radius 2 is 1.78 bits per heavy atom. The molecule has 32 heavy (non-hydrogen) atoms. The monoisotopic (exact) mass is 474 g/mol. The minimum atomic E-state index is -0.556. The van der Waals surface area contributed by atoms with Gasteiger partial charge in [-0.15, -0.1) is 0 Å². The van der Waals surface area contributed by atoms with Crippen LogP contribution in [0.25, 0.3) is 0 Å². The molecule has 2 aromatic rings. The van der Waals surface area contributed by atoms with Gasteiger partial charge in [-0.1, -0.05) is 72.8 Å². The summed E-state index contributed by atoms with van der Waals surface area (Å²) in [5, 5.41) is 4.21. The van der Waals surface area contributed by atoms with Crippen LogP contribution in [0.4, 0.5) is 0 Å². The van der Waals surface area contributed by atoms with Gasteiger partial charge in [-0.3, -0.25) is 9.59 Å². The highest BCUT2D eigenvalue weighted by atomic mass is 35.5. The summed E-state index contributed by atoms with van der Waals surface area (Å²) in [5.74, 6) is -0.170. The van der Waals surface area contributed by atoms with Crippen molar-refractivity contribution in [2.24, 2.45) is 0 Å². The van der Waals surface area contributed by atoms with Crippen molar-refractivity contribution in [2.45, 2.75) is 77.9 Å². The molecule has 1 saturated carbocycles. The first-order valence-corrected chi connectivity index (χ1v) is 12.1. The van der Waals surface area contributed by atoms with Crippen LogP contribution in [0.3, 0.4) is 0 Å². The Morgan fingerprint density at radius 1 is 1.06 bits per heavy atom. The molecule has 1 atom stereocenters. The van der Waals surface area contributed by atoms with Crippen LogP contribution in [0.1, 0.15) is 61.3 Å². The average Bonchev–Trinajstić information content (AvgIpc) is 3.25. The Balaban J connectivity index is 1.88. The second-order valence-electron chi connectivity index (χ2n) is 8.78. The third-order valence-electron chi connectivity index (χ3n) is 6.29. The normalized spacial score (nSPS) is 14.9. The van der Waals surface area contributed by atoms with Gasteiger partial charge in [0.2, 0.25) is 11.8 Å². The minimum Gasteiger partial charge on any atom is -0.352 e. The van der Waals surface area contributed by atoms with Crippen molar-refractivity contribution in [1.29, 1.82) is 0 Å². The fourth-order valence-corrected chi connectivity index (χ4v) is 4.84. The van der Waals surface area contributed by atoms with Gasteiger partial charge in [0.25, 0.3) is 0 Å². The van der Waals surface area contributed by atoms with E-state index in [1.165, 1.54) is 0 Å². The van der Waals surface area contributed by atoms with E-state index in [-0.39, 0.29) is 30.8 Å². The molecule has 0 unspecified atom stereocenters. The van der Waals surface area contributed by atoms with E-state index >= 15 is 0 Å². The van der Waals surface area contributed by atoms with Crippen molar-refractivity contribution in [1.82, 2.24) is 10.2 Å². The number of halogens is 2. The highest BCUT2D eigenvalue weighted by Gasteiger charge is 2.31. The van der Waals surface area contributed by atoms with Crippen molar-refractivity contribution in [2.75, 3.05) is 0 Å². The van der Waals surface area contributed by atoms with Crippen LogP contribution in [-0.4, -0.2) is 28.8 Å². The first kappa shape index (κ1) is 24.6. The highest BCUT2D eigenvalue weighted by Crippen LogP contribution is 2.25. The molecule has 0 aliphatic heterocycles. The topological polar surface area (TPSA) is 49.4 Å². The molecule has 0 aromatic heterocycles. The van der Waals surface area contributed by atoms with Gasteiger partial charge < -0.3 is 10.2 Å². The molecule has 2 amide bonds. The molecule has 0 spiro atoms. The van der Waals surface area contributed by atoms with Crippen molar-refractivity contribution < 1.29 is 9.59 Å². The van der Waals surface area contributed by atoms with Crippen LogP contribution < -0.4 is 5.32 Å². The van der Waals surface area contributed by atoms with Gasteiger partial charge in [0.05, 0.1) is 6.42 Å². The Hall–Kier alpha value is -2.04. The van der Waals surface area contributed by atoms with Gasteiger partial charge in [-0.25, -0.2) is 0 Å². The lowest BCUT2D eigenvalue weighted by Crippen LogP contribution is -2.51. The maximum absolute atomic E-state index is 13.6. The first-order valence-electron chi connectivity index (χ1n) is 11.4. The number of carbonyl (C=O) groups is 2. The van der Waals surface area contributed by atoms with E-state index in [2.05, 4.69) is 5.32 Å². The Kier molecular flexibility index (Phi) is 8.61. The van der Waals surface area contributed by atoms with Crippen LogP contribution in [-0.2, 0) is 22.6 Å². The second kappa shape index (κ2) is 11.2. The number of amides is 2. The second-order valence-corrected chi connectivity index (χ2v) is 9.62. The summed E-state index contributed by atoms with van der Waals surface area (Å²) in [6, 6.07) is 11.0. The quantitative estimate of drug-likeness (QED) is 0.508. The standard InChI is InChI=1S/C26H32Cl2N2O2/c1-4-24(26(32)29-22-7-5-6-8-22)30(16-19-11-12-21(27)15-23(19)28)25(31)14-20-13-17(2)9-10-18(20)3/h9-13,15,22,24H,4-8,14,16H2,1-3H3,(H,29,32)/t24-/m1/s1. The SMILES string of the molecule is CC[C@H](C(=O)NC1CCCC1)N(Cc1ccc(Cl)cc1Cl)C(=O)Cc1cc(C)ccc1C. The van der Waals surface area contributed by atoms with E-state index in [1.54, 1.807) is 17.0 Å². The fourth-order valence-electron chi connectivity index (χ4n) is 4.38. The molecule has 3 rings (SSSR count). The summed E-state index contributed by atoms with van der Waals surface area (Å²) < 4.78 is 0. The number of nitrogens with one attached hydrogen (secondary N) is 1. The number of aryl methyl sites for hydroxylation is 2. The van der Waals surface area contributed by atoms with Crippen molar-refractivity contribution in [3.63, 3.8) is 0 Å². The van der Waals surface area contributed by atoms with Gasteiger partial charge in [0.1, 0.15) is 6.04 Å². The van der Waals surface area contributed by atoms with E-state index < -0.39 is 6.04 Å². The first-order chi connectivity index (χ1) is 15.3. The Labute approximate surface area is 201 Å². The van der Waals surface area contributed by atoms with Crippen LogP contribution in [0.2, 0.25) is 10.0 Å². The zero-order valence-electron chi connectivity index (χ0n) is 19.1. The molecular formula is C26H32Cl2N2O2. The summed E-state index contributed by atoms with van der Waals surface area (Å²) >= 11 is 12.5. The lowest BCUT2D eigenvalue weighted by atomic mass is 10.0. The van der Waals surface area contributed by atoms with E-state index in [4.69, 9.17) is 23.2 Å². The van der Waals surface area contributed by atoms with E-state index in [0.29, 0.717) is 16.5 Å². The van der Waals surface area contributed by atoms with Crippen molar-refractivity contribution in [3.8, 4) is 0 Å². The number of benzene rings is 2. The number of hydrogen-bond acceptors (Lipinski definition) is 2. The van der Waals surface area contributed by atoms with Gasteiger partial charge in [0.15, 0.2) is 0 Å². The maximum atomic E-state index is 13.6. The maximum Gasteiger partial charge on any atom is 0.243 e. The van der Waals surface area contributed by atoms with Crippen molar-refractivity contribution in [3.05, 3.63) is 68.7 Å². The van der Waals surface area contributed by atoms with Gasteiger partial charge >= 0.3 is 0 Å². The molecule has 0 heterocycles. The van der Waals surface area contributed by atoms with Crippen LogP contribution in [0, 0.1) is 13.8 Å². The van der Waals surface area contributed by atoms with Gasteiger partial charge in [0, 0.05) is 22.6 Å². The zero-order chi connectivity index (χ0) is 23.3. The molecule has 6 heteroatoms. The molecule has 1 aliphatic rings. The van der Waals surface area contributed by atoms with E-state index in [0.717, 1.165) is 47.9 Å². The largest absolute Gasteiger partial charge is 0.352 e. The highest BCUT2D eigenvalue weighted by molar-refractivity contribution is 6.35. The van der Waals surface area contributed by atoms with Crippen LogP contribution >= 0.6 is 23.2 Å². The zero-order valence-corrected chi connectivity index (χ0v) is 20.6. The molecule has 0 bridgehead atoms. The van der Waals surface area contributed by atoms with Crippen LogP contribution in [0.5, 0.6) is 0 Å². The predicted molar refractivity (Wildman–Crippen MR) is 131 cm³/mol. The summed E-state index contributed by atoms with van der Waals surface area (Å²) in [4.78, 5) is 28.5. The number of carbonyl (C=O) groups excluding carboxylic acids is 2.